The lowest BCUT2D eigenvalue weighted by atomic mass is 9.49. The van der Waals surface area contributed by atoms with Crippen LogP contribution in [0.2, 0.25) is 0 Å². The number of hydrogen-bond acceptors (Lipinski definition) is 3. The van der Waals surface area contributed by atoms with E-state index in [1.54, 1.807) is 0 Å². The number of likely N-dealkylation sites (tertiary alicyclic amines) is 1. The molecule has 1 saturated heterocycles. The zero-order chi connectivity index (χ0) is 21.3. The molecule has 1 aliphatic heterocycles. The normalized spacial score (nSPS) is 32.1. The van der Waals surface area contributed by atoms with Crippen LogP contribution in [0.25, 0.3) is 0 Å². The van der Waals surface area contributed by atoms with E-state index in [9.17, 15) is 9.59 Å². The number of benzene rings is 1. The summed E-state index contributed by atoms with van der Waals surface area (Å²) in [5, 5.41) is 6.03. The van der Waals surface area contributed by atoms with E-state index in [-0.39, 0.29) is 23.8 Å². The number of nitrogens with zero attached hydrogens (tertiary/aromatic N) is 1. The molecule has 0 spiro atoms. The molecular weight excluding hydrogens is 386 g/mol. The van der Waals surface area contributed by atoms with Gasteiger partial charge in [-0.2, -0.15) is 0 Å². The number of amides is 2. The molecule has 2 amide bonds. The zero-order valence-corrected chi connectivity index (χ0v) is 18.7. The lowest BCUT2D eigenvalue weighted by molar-refractivity contribution is -0.147. The second kappa shape index (κ2) is 8.93. The molecule has 5 heteroatoms. The van der Waals surface area contributed by atoms with Crippen LogP contribution in [-0.2, 0) is 22.7 Å². The molecule has 0 unspecified atom stereocenters. The fraction of sp³-hybridized carbons (Fsp3) is 0.692. The summed E-state index contributed by atoms with van der Waals surface area (Å²) < 4.78 is 0. The molecule has 6 rings (SSSR count). The highest BCUT2D eigenvalue weighted by Gasteiger charge is 2.54. The maximum Gasteiger partial charge on any atom is 0.239 e. The van der Waals surface area contributed by atoms with Crippen molar-refractivity contribution in [2.24, 2.45) is 23.2 Å². The minimum Gasteiger partial charge on any atom is -0.350 e. The quantitative estimate of drug-likeness (QED) is 0.704. The van der Waals surface area contributed by atoms with Crippen molar-refractivity contribution in [3.05, 3.63) is 35.4 Å². The van der Waals surface area contributed by atoms with Crippen molar-refractivity contribution in [1.82, 2.24) is 15.5 Å². The number of hydrogen-bond donors (Lipinski definition) is 2. The summed E-state index contributed by atoms with van der Waals surface area (Å²) in [7, 11) is 0. The predicted octanol–water partition coefficient (Wildman–Crippen LogP) is 3.62. The molecule has 0 radical (unpaired) electrons. The SMILES string of the molecule is O=C(CNC(=O)C12CC3CC(CC(C3)C1)C2)NCc1ccccc1CN1CCCCC1. The van der Waals surface area contributed by atoms with Gasteiger partial charge in [0, 0.05) is 18.5 Å². The van der Waals surface area contributed by atoms with E-state index >= 15 is 0 Å². The van der Waals surface area contributed by atoms with E-state index in [0.29, 0.717) is 6.54 Å². The van der Waals surface area contributed by atoms with E-state index in [2.05, 4.69) is 33.7 Å². The smallest absolute Gasteiger partial charge is 0.239 e. The first-order valence-corrected chi connectivity index (χ1v) is 12.4. The Morgan fingerprint density at radius 1 is 0.871 bits per heavy atom. The van der Waals surface area contributed by atoms with Crippen molar-refractivity contribution >= 4 is 11.8 Å². The number of carbonyl (C=O) groups is 2. The summed E-state index contributed by atoms with van der Waals surface area (Å²) in [6.07, 6.45) is 11.0. The minimum atomic E-state index is -0.184. The van der Waals surface area contributed by atoms with Crippen molar-refractivity contribution in [3.63, 3.8) is 0 Å². The minimum absolute atomic E-state index is 0.0918. The van der Waals surface area contributed by atoms with Crippen LogP contribution in [-0.4, -0.2) is 36.3 Å². The maximum atomic E-state index is 13.1. The summed E-state index contributed by atoms with van der Waals surface area (Å²) in [6.45, 7) is 3.90. The molecule has 5 aliphatic rings. The van der Waals surface area contributed by atoms with Crippen LogP contribution in [0.5, 0.6) is 0 Å². The first-order valence-electron chi connectivity index (χ1n) is 12.4. The Morgan fingerprint density at radius 2 is 1.48 bits per heavy atom. The van der Waals surface area contributed by atoms with Gasteiger partial charge in [0.2, 0.25) is 11.8 Å². The van der Waals surface area contributed by atoms with Gasteiger partial charge in [-0.05, 0) is 93.3 Å². The van der Waals surface area contributed by atoms with E-state index in [0.717, 1.165) is 56.7 Å². The number of rotatable bonds is 7. The highest BCUT2D eigenvalue weighted by molar-refractivity contribution is 5.88. The van der Waals surface area contributed by atoms with Crippen LogP contribution in [0, 0.1) is 23.2 Å². The van der Waals surface area contributed by atoms with Gasteiger partial charge < -0.3 is 10.6 Å². The predicted molar refractivity (Wildman–Crippen MR) is 121 cm³/mol. The number of carbonyl (C=O) groups excluding carboxylic acids is 2. The molecule has 5 nitrogen and oxygen atoms in total. The van der Waals surface area contributed by atoms with Crippen molar-refractivity contribution in [1.29, 1.82) is 0 Å². The van der Waals surface area contributed by atoms with Crippen molar-refractivity contribution in [3.8, 4) is 0 Å². The largest absolute Gasteiger partial charge is 0.350 e. The van der Waals surface area contributed by atoms with Gasteiger partial charge in [0.1, 0.15) is 0 Å². The second-order valence-corrected chi connectivity index (χ2v) is 10.8. The Bertz CT molecular complexity index is 779. The third-order valence-electron chi connectivity index (χ3n) is 8.37. The van der Waals surface area contributed by atoms with Gasteiger partial charge in [-0.3, -0.25) is 14.5 Å². The van der Waals surface area contributed by atoms with E-state index in [4.69, 9.17) is 0 Å². The molecular formula is C26H37N3O2. The lowest BCUT2D eigenvalue weighted by Gasteiger charge is -2.55. The fourth-order valence-electron chi connectivity index (χ4n) is 7.24. The monoisotopic (exact) mass is 423 g/mol. The van der Waals surface area contributed by atoms with Crippen LogP contribution < -0.4 is 10.6 Å². The van der Waals surface area contributed by atoms with Gasteiger partial charge >= 0.3 is 0 Å². The molecule has 4 aliphatic carbocycles. The fourth-order valence-corrected chi connectivity index (χ4v) is 7.24. The molecule has 4 saturated carbocycles. The van der Waals surface area contributed by atoms with Crippen LogP contribution >= 0.6 is 0 Å². The number of piperidine rings is 1. The summed E-state index contributed by atoms with van der Waals surface area (Å²) in [4.78, 5) is 28.1. The molecule has 168 valence electrons. The van der Waals surface area contributed by atoms with Crippen LogP contribution in [0.4, 0.5) is 0 Å². The maximum absolute atomic E-state index is 13.1. The van der Waals surface area contributed by atoms with Crippen molar-refractivity contribution in [2.45, 2.75) is 70.9 Å². The van der Waals surface area contributed by atoms with Gasteiger partial charge in [-0.1, -0.05) is 30.7 Å². The summed E-state index contributed by atoms with van der Waals surface area (Å²) in [5.41, 5.74) is 2.28. The topological polar surface area (TPSA) is 61.4 Å². The third kappa shape index (κ3) is 4.67. The highest BCUT2D eigenvalue weighted by Crippen LogP contribution is 2.60. The van der Waals surface area contributed by atoms with E-state index in [1.807, 2.05) is 6.07 Å². The van der Waals surface area contributed by atoms with Gasteiger partial charge in [-0.15, -0.1) is 0 Å². The molecule has 0 aromatic heterocycles. The molecule has 1 heterocycles. The first kappa shape index (κ1) is 21.0. The molecule has 4 bridgehead atoms. The summed E-state index contributed by atoms with van der Waals surface area (Å²) in [6, 6.07) is 8.39. The van der Waals surface area contributed by atoms with Crippen LogP contribution in [0.15, 0.2) is 24.3 Å². The van der Waals surface area contributed by atoms with Gasteiger partial charge in [0.25, 0.3) is 0 Å². The Morgan fingerprint density at radius 3 is 2.13 bits per heavy atom. The standard InChI is InChI=1S/C26H37N3O2/c30-24(17-28-25(31)26-13-19-10-20(14-26)12-21(11-19)15-26)27-16-22-6-2-3-7-23(22)18-29-8-4-1-5-9-29/h2-3,6-7,19-21H,1,4-5,8-18H2,(H,27,30)(H,28,31). The van der Waals surface area contributed by atoms with Gasteiger partial charge in [-0.25, -0.2) is 0 Å². The molecule has 0 atom stereocenters. The van der Waals surface area contributed by atoms with Crippen molar-refractivity contribution in [2.75, 3.05) is 19.6 Å². The first-order chi connectivity index (χ1) is 15.1. The molecule has 1 aromatic carbocycles. The Labute approximate surface area is 186 Å². The van der Waals surface area contributed by atoms with E-state index < -0.39 is 0 Å². The van der Waals surface area contributed by atoms with Crippen molar-refractivity contribution < 1.29 is 9.59 Å². The van der Waals surface area contributed by atoms with Crippen LogP contribution in [0.3, 0.4) is 0 Å². The molecule has 2 N–H and O–H groups in total. The third-order valence-corrected chi connectivity index (χ3v) is 8.37. The molecule has 1 aromatic rings. The molecule has 5 fully saturated rings. The van der Waals surface area contributed by atoms with E-state index in [1.165, 1.54) is 49.7 Å². The lowest BCUT2D eigenvalue weighted by Crippen LogP contribution is -2.54. The Hall–Kier alpha value is -1.88. The second-order valence-electron chi connectivity index (χ2n) is 10.8. The average molecular weight is 424 g/mol. The Kier molecular flexibility index (Phi) is 6.05. The van der Waals surface area contributed by atoms with Gasteiger partial charge in [0.05, 0.1) is 6.54 Å². The van der Waals surface area contributed by atoms with Gasteiger partial charge in [0.15, 0.2) is 0 Å². The summed E-state index contributed by atoms with van der Waals surface area (Å²) >= 11 is 0. The zero-order valence-electron chi connectivity index (χ0n) is 18.7. The van der Waals surface area contributed by atoms with Crippen LogP contribution in [0.1, 0.15) is 68.9 Å². The summed E-state index contributed by atoms with van der Waals surface area (Å²) in [5.74, 6) is 2.25. The average Bonchev–Trinajstić information content (AvgIpc) is 2.76. The highest BCUT2D eigenvalue weighted by atomic mass is 16.2. The number of nitrogens with one attached hydrogen (secondary N) is 2. The Balaban J connectivity index is 1.11. The molecule has 31 heavy (non-hydrogen) atoms.